The summed E-state index contributed by atoms with van der Waals surface area (Å²) < 4.78 is 0. The SMILES string of the molecule is CCCCCCCCN1C(=O)C(CC)NC1C. The highest BCUT2D eigenvalue weighted by atomic mass is 16.2. The van der Waals surface area contributed by atoms with Crippen LogP contribution in [0.15, 0.2) is 0 Å². The number of carbonyl (C=O) groups excluding carboxylic acids is 1. The molecule has 0 aromatic carbocycles. The molecule has 1 aliphatic heterocycles. The molecule has 0 aromatic heterocycles. The predicted octanol–water partition coefficient (Wildman–Crippen LogP) is 2.90. The number of rotatable bonds is 8. The van der Waals surface area contributed by atoms with E-state index in [1.807, 2.05) is 4.90 Å². The molecule has 1 amide bonds. The topological polar surface area (TPSA) is 32.3 Å². The van der Waals surface area contributed by atoms with E-state index in [-0.39, 0.29) is 12.2 Å². The van der Waals surface area contributed by atoms with Gasteiger partial charge in [0.2, 0.25) is 5.91 Å². The molecule has 1 fully saturated rings. The van der Waals surface area contributed by atoms with Crippen molar-refractivity contribution in [2.24, 2.45) is 0 Å². The lowest BCUT2D eigenvalue weighted by Crippen LogP contribution is -2.35. The number of nitrogens with one attached hydrogen (secondary N) is 1. The monoisotopic (exact) mass is 240 g/mol. The first kappa shape index (κ1) is 14.5. The highest BCUT2D eigenvalue weighted by molar-refractivity contribution is 5.84. The van der Waals surface area contributed by atoms with Crippen LogP contribution in [0.2, 0.25) is 0 Å². The van der Waals surface area contributed by atoms with E-state index in [2.05, 4.69) is 26.1 Å². The van der Waals surface area contributed by atoms with Gasteiger partial charge in [-0.3, -0.25) is 10.1 Å². The second-order valence-corrected chi connectivity index (χ2v) is 5.10. The van der Waals surface area contributed by atoms with Gasteiger partial charge in [-0.15, -0.1) is 0 Å². The molecule has 2 unspecified atom stereocenters. The van der Waals surface area contributed by atoms with Crippen LogP contribution in [-0.2, 0) is 4.79 Å². The number of nitrogens with zero attached hydrogens (tertiary/aromatic N) is 1. The Balaban J connectivity index is 2.16. The molecule has 1 aliphatic rings. The fourth-order valence-corrected chi connectivity index (χ4v) is 2.50. The number of hydrogen-bond acceptors (Lipinski definition) is 2. The summed E-state index contributed by atoms with van der Waals surface area (Å²) >= 11 is 0. The summed E-state index contributed by atoms with van der Waals surface area (Å²) in [5.41, 5.74) is 0. The van der Waals surface area contributed by atoms with E-state index < -0.39 is 0 Å². The molecule has 0 aliphatic carbocycles. The Morgan fingerprint density at radius 2 is 1.76 bits per heavy atom. The summed E-state index contributed by atoms with van der Waals surface area (Å²) in [6.45, 7) is 7.32. The van der Waals surface area contributed by atoms with E-state index in [0.29, 0.717) is 5.91 Å². The Morgan fingerprint density at radius 1 is 1.12 bits per heavy atom. The van der Waals surface area contributed by atoms with Gasteiger partial charge in [0.25, 0.3) is 0 Å². The van der Waals surface area contributed by atoms with Gasteiger partial charge in [0.1, 0.15) is 0 Å². The number of amides is 1. The van der Waals surface area contributed by atoms with Gasteiger partial charge < -0.3 is 4.90 Å². The van der Waals surface area contributed by atoms with Gasteiger partial charge in [0.05, 0.1) is 12.2 Å². The summed E-state index contributed by atoms with van der Waals surface area (Å²) in [4.78, 5) is 14.0. The van der Waals surface area contributed by atoms with Crippen molar-refractivity contribution < 1.29 is 4.79 Å². The highest BCUT2D eigenvalue weighted by Crippen LogP contribution is 2.14. The Morgan fingerprint density at radius 3 is 2.35 bits per heavy atom. The molecule has 1 heterocycles. The minimum Gasteiger partial charge on any atom is -0.326 e. The van der Waals surface area contributed by atoms with E-state index in [1.54, 1.807) is 0 Å². The van der Waals surface area contributed by atoms with E-state index in [1.165, 1.54) is 32.1 Å². The molecule has 17 heavy (non-hydrogen) atoms. The van der Waals surface area contributed by atoms with Gasteiger partial charge in [-0.25, -0.2) is 0 Å². The van der Waals surface area contributed by atoms with Crippen molar-refractivity contribution in [3.8, 4) is 0 Å². The molecular formula is C14H28N2O. The maximum Gasteiger partial charge on any atom is 0.240 e. The van der Waals surface area contributed by atoms with Crippen LogP contribution in [0.4, 0.5) is 0 Å². The lowest BCUT2D eigenvalue weighted by Gasteiger charge is -2.20. The zero-order chi connectivity index (χ0) is 12.7. The molecule has 3 heteroatoms. The lowest BCUT2D eigenvalue weighted by atomic mass is 10.1. The molecule has 0 spiro atoms. The Kier molecular flexibility index (Phi) is 6.56. The van der Waals surface area contributed by atoms with E-state index in [9.17, 15) is 4.79 Å². The molecule has 0 saturated carbocycles. The molecule has 100 valence electrons. The fourth-order valence-electron chi connectivity index (χ4n) is 2.50. The maximum absolute atomic E-state index is 12.0. The molecule has 1 rings (SSSR count). The quantitative estimate of drug-likeness (QED) is 0.662. The third-order valence-corrected chi connectivity index (χ3v) is 3.65. The van der Waals surface area contributed by atoms with Crippen LogP contribution in [0.25, 0.3) is 0 Å². The first-order chi connectivity index (χ1) is 8.20. The van der Waals surface area contributed by atoms with Gasteiger partial charge in [-0.1, -0.05) is 46.0 Å². The second-order valence-electron chi connectivity index (χ2n) is 5.10. The molecule has 1 N–H and O–H groups in total. The van der Waals surface area contributed by atoms with Crippen molar-refractivity contribution >= 4 is 5.91 Å². The normalized spacial score (nSPS) is 24.6. The van der Waals surface area contributed by atoms with Gasteiger partial charge in [-0.05, 0) is 19.8 Å². The van der Waals surface area contributed by atoms with Crippen molar-refractivity contribution in [1.82, 2.24) is 10.2 Å². The maximum atomic E-state index is 12.0. The lowest BCUT2D eigenvalue weighted by molar-refractivity contribution is -0.129. The fraction of sp³-hybridized carbons (Fsp3) is 0.929. The molecule has 0 aromatic rings. The van der Waals surface area contributed by atoms with Crippen molar-refractivity contribution in [2.45, 2.75) is 77.9 Å². The van der Waals surface area contributed by atoms with Gasteiger partial charge >= 0.3 is 0 Å². The third-order valence-electron chi connectivity index (χ3n) is 3.65. The largest absolute Gasteiger partial charge is 0.326 e. The van der Waals surface area contributed by atoms with Crippen LogP contribution < -0.4 is 5.32 Å². The minimum absolute atomic E-state index is 0.0603. The van der Waals surface area contributed by atoms with Crippen LogP contribution in [0.5, 0.6) is 0 Å². The second kappa shape index (κ2) is 7.70. The zero-order valence-electron chi connectivity index (χ0n) is 11.7. The van der Waals surface area contributed by atoms with E-state index >= 15 is 0 Å². The third kappa shape index (κ3) is 4.30. The van der Waals surface area contributed by atoms with Crippen LogP contribution in [0, 0.1) is 0 Å². The predicted molar refractivity (Wildman–Crippen MR) is 71.8 cm³/mol. The molecule has 0 bridgehead atoms. The van der Waals surface area contributed by atoms with Crippen LogP contribution >= 0.6 is 0 Å². The smallest absolute Gasteiger partial charge is 0.240 e. The van der Waals surface area contributed by atoms with Crippen molar-refractivity contribution in [2.75, 3.05) is 6.54 Å². The first-order valence-corrected chi connectivity index (χ1v) is 7.27. The summed E-state index contributed by atoms with van der Waals surface area (Å²) in [6, 6.07) is 0.0603. The molecule has 0 radical (unpaired) electrons. The number of carbonyl (C=O) groups is 1. The van der Waals surface area contributed by atoms with Crippen LogP contribution in [0.1, 0.15) is 65.7 Å². The average molecular weight is 240 g/mol. The Hall–Kier alpha value is -0.570. The first-order valence-electron chi connectivity index (χ1n) is 7.27. The number of hydrogen-bond donors (Lipinski definition) is 1. The zero-order valence-corrected chi connectivity index (χ0v) is 11.7. The average Bonchev–Trinajstić information content (AvgIpc) is 2.60. The molecule has 3 nitrogen and oxygen atoms in total. The van der Waals surface area contributed by atoms with E-state index in [4.69, 9.17) is 0 Å². The van der Waals surface area contributed by atoms with Crippen molar-refractivity contribution in [1.29, 1.82) is 0 Å². The van der Waals surface area contributed by atoms with Crippen LogP contribution in [-0.4, -0.2) is 29.6 Å². The van der Waals surface area contributed by atoms with Crippen molar-refractivity contribution in [3.05, 3.63) is 0 Å². The highest BCUT2D eigenvalue weighted by Gasteiger charge is 2.34. The summed E-state index contributed by atoms with van der Waals surface area (Å²) in [5, 5.41) is 3.34. The number of unbranched alkanes of at least 4 members (excludes halogenated alkanes) is 5. The molecule has 2 atom stereocenters. The van der Waals surface area contributed by atoms with E-state index in [0.717, 1.165) is 19.4 Å². The Bertz CT molecular complexity index is 230. The standard InChI is InChI=1S/C14H28N2O/c1-4-6-7-8-9-10-11-16-12(3)15-13(5-2)14(16)17/h12-13,15H,4-11H2,1-3H3. The van der Waals surface area contributed by atoms with Crippen LogP contribution in [0.3, 0.4) is 0 Å². The van der Waals surface area contributed by atoms with Gasteiger partial charge in [0.15, 0.2) is 0 Å². The molecular weight excluding hydrogens is 212 g/mol. The summed E-state index contributed by atoms with van der Waals surface area (Å²) in [6.07, 6.45) is 8.83. The van der Waals surface area contributed by atoms with Gasteiger partial charge in [0, 0.05) is 6.54 Å². The van der Waals surface area contributed by atoms with Gasteiger partial charge in [-0.2, -0.15) is 0 Å². The summed E-state index contributed by atoms with van der Waals surface area (Å²) in [7, 11) is 0. The van der Waals surface area contributed by atoms with Crippen molar-refractivity contribution in [3.63, 3.8) is 0 Å². The molecule has 1 saturated heterocycles. The summed E-state index contributed by atoms with van der Waals surface area (Å²) in [5.74, 6) is 0.300. The Labute approximate surface area is 106 Å². The minimum atomic E-state index is 0.0603.